The Kier molecular flexibility index (Phi) is 6.64. The van der Waals surface area contributed by atoms with Crippen molar-refractivity contribution in [1.29, 1.82) is 5.26 Å². The molecule has 0 spiro atoms. The minimum atomic E-state index is -0.447. The Morgan fingerprint density at radius 3 is 2.67 bits per heavy atom. The third-order valence-electron chi connectivity index (χ3n) is 3.17. The highest BCUT2D eigenvalue weighted by Crippen LogP contribution is 2.22. The number of ether oxygens (including phenoxy) is 1. The van der Waals surface area contributed by atoms with Crippen LogP contribution in [0, 0.1) is 28.5 Å². The third-order valence-corrected chi connectivity index (χ3v) is 3.17. The van der Waals surface area contributed by atoms with Crippen LogP contribution >= 0.6 is 0 Å². The fourth-order valence-corrected chi connectivity index (χ4v) is 1.75. The van der Waals surface area contributed by atoms with Gasteiger partial charge in [0.25, 0.3) is 0 Å². The number of nitrogens with zero attached hydrogens (tertiary/aromatic N) is 1. The van der Waals surface area contributed by atoms with Crippen molar-refractivity contribution in [1.82, 2.24) is 5.32 Å². The van der Waals surface area contributed by atoms with Gasteiger partial charge in [-0.05, 0) is 50.4 Å². The lowest BCUT2D eigenvalue weighted by Crippen LogP contribution is -2.19. The molecule has 0 saturated carbocycles. The molecule has 0 heterocycles. The van der Waals surface area contributed by atoms with Crippen molar-refractivity contribution in [2.24, 2.45) is 11.3 Å². The number of nitrogens with one attached hydrogen (secondary N) is 1. The Labute approximate surface area is 127 Å². The second-order valence-electron chi connectivity index (χ2n) is 6.38. The van der Waals surface area contributed by atoms with Crippen molar-refractivity contribution >= 4 is 0 Å². The molecule has 116 valence electrons. The molecule has 1 N–H and O–H groups in total. The van der Waals surface area contributed by atoms with Gasteiger partial charge in [0.1, 0.15) is 0 Å². The van der Waals surface area contributed by atoms with E-state index in [2.05, 4.69) is 25.2 Å². The summed E-state index contributed by atoms with van der Waals surface area (Å²) in [5, 5.41) is 12.2. The molecule has 21 heavy (non-hydrogen) atoms. The second kappa shape index (κ2) is 7.99. The van der Waals surface area contributed by atoms with Crippen molar-refractivity contribution in [2.45, 2.75) is 40.7 Å². The molecule has 3 nitrogen and oxygen atoms in total. The Bertz CT molecular complexity index is 492. The van der Waals surface area contributed by atoms with E-state index < -0.39 is 5.41 Å². The quantitative estimate of drug-likeness (QED) is 0.790. The molecule has 1 rings (SSSR count). The lowest BCUT2D eigenvalue weighted by Gasteiger charge is -2.15. The van der Waals surface area contributed by atoms with Crippen molar-refractivity contribution in [2.75, 3.05) is 13.2 Å². The first kappa shape index (κ1) is 17.5. The van der Waals surface area contributed by atoms with Crippen molar-refractivity contribution < 1.29 is 9.13 Å². The normalized spacial score (nSPS) is 11.5. The van der Waals surface area contributed by atoms with E-state index >= 15 is 0 Å². The summed E-state index contributed by atoms with van der Waals surface area (Å²) >= 11 is 0. The van der Waals surface area contributed by atoms with Crippen molar-refractivity contribution in [3.8, 4) is 11.8 Å². The first-order valence-electron chi connectivity index (χ1n) is 7.37. The fraction of sp³-hybridized carbons (Fsp3) is 0.588. The molecule has 0 aromatic heterocycles. The minimum Gasteiger partial charge on any atom is -0.490 e. The van der Waals surface area contributed by atoms with Gasteiger partial charge in [0, 0.05) is 6.54 Å². The summed E-state index contributed by atoms with van der Waals surface area (Å²) in [6.45, 7) is 9.84. The number of hydrogen-bond donors (Lipinski definition) is 1. The molecule has 0 unspecified atom stereocenters. The number of halogens is 1. The molecule has 0 aliphatic heterocycles. The van der Waals surface area contributed by atoms with E-state index in [1.54, 1.807) is 6.07 Å². The van der Waals surface area contributed by atoms with Gasteiger partial charge in [0.15, 0.2) is 11.6 Å². The standard InChI is InChI=1S/C17H25FN2O/c1-13(2)10-20-11-14-5-6-16(15(18)9-14)21-8-7-17(3,4)12-19/h5-6,9,13,20H,7-8,10-11H2,1-4H3. The zero-order chi connectivity index (χ0) is 15.9. The number of hydrogen-bond acceptors (Lipinski definition) is 3. The predicted molar refractivity (Wildman–Crippen MR) is 82.5 cm³/mol. The Morgan fingerprint density at radius 1 is 1.38 bits per heavy atom. The summed E-state index contributed by atoms with van der Waals surface area (Å²) in [6.07, 6.45) is 0.570. The zero-order valence-electron chi connectivity index (χ0n) is 13.4. The lowest BCUT2D eigenvalue weighted by atomic mass is 9.92. The zero-order valence-corrected chi connectivity index (χ0v) is 13.4. The maximum atomic E-state index is 13.9. The smallest absolute Gasteiger partial charge is 0.165 e. The predicted octanol–water partition coefficient (Wildman–Crippen LogP) is 3.89. The van der Waals surface area contributed by atoms with Crippen LogP contribution in [0.5, 0.6) is 5.75 Å². The molecule has 0 atom stereocenters. The van der Waals surface area contributed by atoms with Crippen molar-refractivity contribution in [3.05, 3.63) is 29.6 Å². The molecular weight excluding hydrogens is 267 g/mol. The minimum absolute atomic E-state index is 0.247. The molecule has 0 amide bonds. The van der Waals surface area contributed by atoms with Crippen molar-refractivity contribution in [3.63, 3.8) is 0 Å². The van der Waals surface area contributed by atoms with Crippen LogP contribution in [0.15, 0.2) is 18.2 Å². The first-order valence-corrected chi connectivity index (χ1v) is 7.37. The lowest BCUT2D eigenvalue weighted by molar-refractivity contribution is 0.254. The van der Waals surface area contributed by atoms with Crippen LogP contribution in [0.25, 0.3) is 0 Å². The topological polar surface area (TPSA) is 45.0 Å². The van der Waals surface area contributed by atoms with Crippen LogP contribution < -0.4 is 10.1 Å². The van der Waals surface area contributed by atoms with E-state index in [0.717, 1.165) is 12.1 Å². The van der Waals surface area contributed by atoms with Gasteiger partial charge in [-0.25, -0.2) is 4.39 Å². The summed E-state index contributed by atoms with van der Waals surface area (Å²) < 4.78 is 19.3. The van der Waals surface area contributed by atoms with E-state index in [1.165, 1.54) is 6.07 Å². The second-order valence-corrected chi connectivity index (χ2v) is 6.38. The summed E-state index contributed by atoms with van der Waals surface area (Å²) in [5.74, 6) is 0.464. The van der Waals surface area contributed by atoms with Crippen LogP contribution in [0.4, 0.5) is 4.39 Å². The van der Waals surface area contributed by atoms with E-state index in [4.69, 9.17) is 10.00 Å². The maximum Gasteiger partial charge on any atom is 0.165 e. The Morgan fingerprint density at radius 2 is 2.10 bits per heavy atom. The van der Waals surface area contributed by atoms with Gasteiger partial charge in [-0.2, -0.15) is 5.26 Å². The summed E-state index contributed by atoms with van der Waals surface area (Å²) in [6, 6.07) is 7.22. The molecule has 1 aromatic rings. The third kappa shape index (κ3) is 6.59. The van der Waals surface area contributed by atoms with Gasteiger partial charge in [-0.15, -0.1) is 0 Å². The average molecular weight is 292 g/mol. The van der Waals surface area contributed by atoms with Gasteiger partial charge in [-0.3, -0.25) is 0 Å². The highest BCUT2D eigenvalue weighted by Gasteiger charge is 2.16. The van der Waals surface area contributed by atoms with Crippen LogP contribution in [0.2, 0.25) is 0 Å². The van der Waals surface area contributed by atoms with Gasteiger partial charge in [-0.1, -0.05) is 19.9 Å². The van der Waals surface area contributed by atoms with Gasteiger partial charge in [0.05, 0.1) is 18.1 Å². The molecule has 0 aliphatic carbocycles. The molecule has 0 bridgehead atoms. The van der Waals surface area contributed by atoms with E-state index in [0.29, 0.717) is 25.5 Å². The maximum absolute atomic E-state index is 13.9. The van der Waals surface area contributed by atoms with E-state index in [-0.39, 0.29) is 11.6 Å². The summed E-state index contributed by atoms with van der Waals surface area (Å²) in [5.41, 5.74) is 0.454. The van der Waals surface area contributed by atoms with Crippen LogP contribution in [-0.2, 0) is 6.54 Å². The molecule has 0 fully saturated rings. The molecule has 0 aliphatic rings. The SMILES string of the molecule is CC(C)CNCc1ccc(OCCC(C)(C)C#N)c(F)c1. The van der Waals surface area contributed by atoms with E-state index in [1.807, 2.05) is 19.9 Å². The molecule has 0 saturated heterocycles. The molecule has 0 radical (unpaired) electrons. The first-order chi connectivity index (χ1) is 9.84. The monoisotopic (exact) mass is 292 g/mol. The number of rotatable bonds is 8. The van der Waals surface area contributed by atoms with Gasteiger partial charge < -0.3 is 10.1 Å². The van der Waals surface area contributed by atoms with Gasteiger partial charge in [0.2, 0.25) is 0 Å². The average Bonchev–Trinajstić information content (AvgIpc) is 2.40. The Balaban J connectivity index is 2.49. The van der Waals surface area contributed by atoms with E-state index in [9.17, 15) is 4.39 Å². The highest BCUT2D eigenvalue weighted by atomic mass is 19.1. The molecule has 1 aromatic carbocycles. The van der Waals surface area contributed by atoms with Crippen LogP contribution in [-0.4, -0.2) is 13.2 Å². The molecule has 4 heteroatoms. The van der Waals surface area contributed by atoms with Crippen LogP contribution in [0.1, 0.15) is 39.7 Å². The largest absolute Gasteiger partial charge is 0.490 e. The summed E-state index contributed by atoms with van der Waals surface area (Å²) in [7, 11) is 0. The Hall–Kier alpha value is -1.60. The van der Waals surface area contributed by atoms with Crippen LogP contribution in [0.3, 0.4) is 0 Å². The number of nitriles is 1. The molecular formula is C17H25FN2O. The van der Waals surface area contributed by atoms with Gasteiger partial charge >= 0.3 is 0 Å². The highest BCUT2D eigenvalue weighted by molar-refractivity contribution is 5.29. The fourth-order valence-electron chi connectivity index (χ4n) is 1.75. The number of benzene rings is 1. The summed E-state index contributed by atoms with van der Waals surface area (Å²) in [4.78, 5) is 0.